The van der Waals surface area contributed by atoms with Gasteiger partial charge in [0.1, 0.15) is 11.8 Å². The molecule has 3 rings (SSSR count). The fourth-order valence-electron chi connectivity index (χ4n) is 2.38. The van der Waals surface area contributed by atoms with Gasteiger partial charge < -0.3 is 4.74 Å². The third kappa shape index (κ3) is 3.24. The number of benzene rings is 2. The molecule has 0 atom stereocenters. The first kappa shape index (κ1) is 14.9. The van der Waals surface area contributed by atoms with Crippen LogP contribution in [0.2, 0.25) is 0 Å². The van der Waals surface area contributed by atoms with E-state index < -0.39 is 0 Å². The molecule has 0 aliphatic carbocycles. The van der Waals surface area contributed by atoms with Crippen molar-refractivity contribution in [2.45, 2.75) is 20.0 Å². The van der Waals surface area contributed by atoms with Gasteiger partial charge in [0, 0.05) is 11.6 Å². The van der Waals surface area contributed by atoms with E-state index in [9.17, 15) is 0 Å². The Balaban J connectivity index is 2.02. The van der Waals surface area contributed by atoms with Crippen molar-refractivity contribution in [3.05, 3.63) is 66.4 Å². The number of ether oxygens (including phenoxy) is 1. The molecule has 0 aliphatic heterocycles. The van der Waals surface area contributed by atoms with Crippen molar-refractivity contribution in [1.82, 2.24) is 9.78 Å². The predicted octanol–water partition coefficient (Wildman–Crippen LogP) is 4.20. The molecule has 0 spiro atoms. The summed E-state index contributed by atoms with van der Waals surface area (Å²) in [4.78, 5) is 0. The topological polar surface area (TPSA) is 50.8 Å². The summed E-state index contributed by atoms with van der Waals surface area (Å²) in [7, 11) is 0. The number of nitrogens with zero attached hydrogens (tertiary/aromatic N) is 3. The van der Waals surface area contributed by atoms with Crippen LogP contribution in [0.3, 0.4) is 0 Å². The average Bonchev–Trinajstić information content (AvgIpc) is 3.00. The Kier molecular flexibility index (Phi) is 4.11. The van der Waals surface area contributed by atoms with E-state index in [1.165, 1.54) is 0 Å². The number of para-hydroxylation sites is 1. The van der Waals surface area contributed by atoms with Gasteiger partial charge in [0.25, 0.3) is 0 Å². The van der Waals surface area contributed by atoms with Gasteiger partial charge in [-0.3, -0.25) is 0 Å². The Morgan fingerprint density at radius 2 is 1.74 bits per heavy atom. The molecule has 0 saturated heterocycles. The second kappa shape index (κ2) is 6.37. The van der Waals surface area contributed by atoms with Gasteiger partial charge in [-0.2, -0.15) is 10.4 Å². The first-order chi connectivity index (χ1) is 11.2. The van der Waals surface area contributed by atoms with E-state index in [-0.39, 0.29) is 6.10 Å². The summed E-state index contributed by atoms with van der Waals surface area (Å²) in [6.07, 6.45) is 0.140. The number of nitriles is 1. The molecule has 0 unspecified atom stereocenters. The van der Waals surface area contributed by atoms with Crippen molar-refractivity contribution >= 4 is 0 Å². The van der Waals surface area contributed by atoms with Gasteiger partial charge >= 0.3 is 0 Å². The highest BCUT2D eigenvalue weighted by Crippen LogP contribution is 2.26. The largest absolute Gasteiger partial charge is 0.491 e. The SMILES string of the molecule is CC(C)Oc1ccc(-c2cc(C#N)nn2-c2ccccc2)cc1. The smallest absolute Gasteiger partial charge is 0.163 e. The minimum Gasteiger partial charge on any atom is -0.491 e. The molecule has 2 aromatic carbocycles. The predicted molar refractivity (Wildman–Crippen MR) is 89.5 cm³/mol. The quantitative estimate of drug-likeness (QED) is 0.726. The minimum absolute atomic E-state index is 0.140. The lowest BCUT2D eigenvalue weighted by molar-refractivity contribution is 0.242. The zero-order valence-corrected chi connectivity index (χ0v) is 13.1. The lowest BCUT2D eigenvalue weighted by Crippen LogP contribution is -2.05. The molecular formula is C19H17N3O. The Morgan fingerprint density at radius 3 is 2.35 bits per heavy atom. The Bertz CT molecular complexity index is 827. The summed E-state index contributed by atoms with van der Waals surface area (Å²) in [6.45, 7) is 4.00. The molecule has 114 valence electrons. The highest BCUT2D eigenvalue weighted by molar-refractivity contribution is 5.64. The Labute approximate surface area is 135 Å². The standard InChI is InChI=1S/C19H17N3O/c1-14(2)23-18-10-8-15(9-11-18)19-12-16(13-20)21-22(19)17-6-4-3-5-7-17/h3-12,14H,1-2H3. The first-order valence-electron chi connectivity index (χ1n) is 7.50. The van der Waals surface area contributed by atoms with Crippen LogP contribution in [-0.2, 0) is 0 Å². The molecule has 0 amide bonds. The van der Waals surface area contributed by atoms with E-state index in [2.05, 4.69) is 11.2 Å². The summed E-state index contributed by atoms with van der Waals surface area (Å²) in [6, 6.07) is 21.5. The molecule has 0 aliphatic rings. The van der Waals surface area contributed by atoms with Crippen molar-refractivity contribution in [2.75, 3.05) is 0 Å². The molecule has 0 fully saturated rings. The van der Waals surface area contributed by atoms with Crippen LogP contribution in [0.1, 0.15) is 19.5 Å². The summed E-state index contributed by atoms with van der Waals surface area (Å²) in [5.41, 5.74) is 3.18. The first-order valence-corrected chi connectivity index (χ1v) is 7.50. The second-order valence-corrected chi connectivity index (χ2v) is 5.46. The van der Waals surface area contributed by atoms with Crippen molar-refractivity contribution in [2.24, 2.45) is 0 Å². The van der Waals surface area contributed by atoms with Gasteiger partial charge in [-0.15, -0.1) is 0 Å². The van der Waals surface area contributed by atoms with Crippen molar-refractivity contribution in [3.63, 3.8) is 0 Å². The van der Waals surface area contributed by atoms with Crippen LogP contribution in [-0.4, -0.2) is 15.9 Å². The van der Waals surface area contributed by atoms with E-state index in [4.69, 9.17) is 10.00 Å². The van der Waals surface area contributed by atoms with Gasteiger partial charge in [0.2, 0.25) is 0 Å². The summed E-state index contributed by atoms with van der Waals surface area (Å²) in [5, 5.41) is 13.5. The number of hydrogen-bond acceptors (Lipinski definition) is 3. The molecule has 1 heterocycles. The molecule has 4 heteroatoms. The van der Waals surface area contributed by atoms with E-state index in [1.54, 1.807) is 10.7 Å². The number of rotatable bonds is 4. The lowest BCUT2D eigenvalue weighted by Gasteiger charge is -2.11. The van der Waals surface area contributed by atoms with Gasteiger partial charge in [-0.25, -0.2) is 4.68 Å². The van der Waals surface area contributed by atoms with Crippen LogP contribution in [0, 0.1) is 11.3 Å². The van der Waals surface area contributed by atoms with Gasteiger partial charge in [-0.1, -0.05) is 18.2 Å². The number of hydrogen-bond donors (Lipinski definition) is 0. The fraction of sp³-hybridized carbons (Fsp3) is 0.158. The fourth-order valence-corrected chi connectivity index (χ4v) is 2.38. The minimum atomic E-state index is 0.140. The average molecular weight is 303 g/mol. The molecule has 0 bridgehead atoms. The summed E-state index contributed by atoms with van der Waals surface area (Å²) >= 11 is 0. The normalized spacial score (nSPS) is 10.5. The summed E-state index contributed by atoms with van der Waals surface area (Å²) < 4.78 is 7.46. The maximum Gasteiger partial charge on any atom is 0.163 e. The van der Waals surface area contributed by atoms with Crippen molar-refractivity contribution < 1.29 is 4.74 Å². The van der Waals surface area contributed by atoms with Crippen LogP contribution in [0.4, 0.5) is 0 Å². The highest BCUT2D eigenvalue weighted by Gasteiger charge is 2.11. The zero-order chi connectivity index (χ0) is 16.2. The van der Waals surface area contributed by atoms with Crippen LogP contribution >= 0.6 is 0 Å². The van der Waals surface area contributed by atoms with Crippen molar-refractivity contribution in [1.29, 1.82) is 5.26 Å². The zero-order valence-electron chi connectivity index (χ0n) is 13.1. The van der Waals surface area contributed by atoms with E-state index in [1.807, 2.05) is 68.4 Å². The Morgan fingerprint density at radius 1 is 1.04 bits per heavy atom. The summed E-state index contributed by atoms with van der Waals surface area (Å²) in [5.74, 6) is 0.829. The molecule has 0 saturated carbocycles. The van der Waals surface area contributed by atoms with Crippen LogP contribution in [0.15, 0.2) is 60.7 Å². The monoisotopic (exact) mass is 303 g/mol. The maximum absolute atomic E-state index is 9.17. The molecule has 23 heavy (non-hydrogen) atoms. The third-order valence-corrected chi connectivity index (χ3v) is 3.35. The van der Waals surface area contributed by atoms with Crippen LogP contribution in [0.25, 0.3) is 16.9 Å². The third-order valence-electron chi connectivity index (χ3n) is 3.35. The van der Waals surface area contributed by atoms with Crippen LogP contribution in [0.5, 0.6) is 5.75 Å². The lowest BCUT2D eigenvalue weighted by atomic mass is 10.1. The highest BCUT2D eigenvalue weighted by atomic mass is 16.5. The van der Waals surface area contributed by atoms with Gasteiger partial charge in [0.15, 0.2) is 5.69 Å². The molecular weight excluding hydrogens is 286 g/mol. The van der Waals surface area contributed by atoms with E-state index >= 15 is 0 Å². The molecule has 0 radical (unpaired) electrons. The molecule has 1 aromatic heterocycles. The maximum atomic E-state index is 9.17. The molecule has 4 nitrogen and oxygen atoms in total. The number of aromatic nitrogens is 2. The second-order valence-electron chi connectivity index (χ2n) is 5.46. The van der Waals surface area contributed by atoms with Gasteiger partial charge in [0.05, 0.1) is 17.5 Å². The van der Waals surface area contributed by atoms with E-state index in [0.717, 1.165) is 22.7 Å². The molecule has 3 aromatic rings. The Hall–Kier alpha value is -3.06. The van der Waals surface area contributed by atoms with Crippen LogP contribution < -0.4 is 4.74 Å². The molecule has 0 N–H and O–H groups in total. The van der Waals surface area contributed by atoms with Gasteiger partial charge in [-0.05, 0) is 50.2 Å². The van der Waals surface area contributed by atoms with Crippen molar-refractivity contribution in [3.8, 4) is 28.8 Å². The van der Waals surface area contributed by atoms with E-state index in [0.29, 0.717) is 5.69 Å².